The van der Waals surface area contributed by atoms with Crippen LogP contribution in [0.25, 0.3) is 10.9 Å². The van der Waals surface area contributed by atoms with Gasteiger partial charge in [-0.05, 0) is 38.3 Å². The molecule has 1 aromatic heterocycles. The summed E-state index contributed by atoms with van der Waals surface area (Å²) in [7, 11) is 0. The van der Waals surface area contributed by atoms with Crippen molar-refractivity contribution in [2.75, 3.05) is 0 Å². The lowest BCUT2D eigenvalue weighted by Gasteiger charge is -2.34. The molecule has 0 unspecified atom stereocenters. The molecule has 1 saturated carbocycles. The molecule has 3 nitrogen and oxygen atoms in total. The van der Waals surface area contributed by atoms with Gasteiger partial charge in [-0.25, -0.2) is 0 Å². The predicted octanol–water partition coefficient (Wildman–Crippen LogP) is 3.61. The van der Waals surface area contributed by atoms with E-state index < -0.39 is 0 Å². The molecule has 102 valence electrons. The number of phenols is 1. The standard InChI is InChI=1S/C16H22N2O/c1-10-11(2)18-13-7-6-12(15(19)14(10)13)16(17)8-4-3-5-9-16/h6-7,18-19H,3-5,8-9,17H2,1-2H3. The number of nitrogens with one attached hydrogen (secondary N) is 1. The molecular formula is C16H22N2O. The lowest BCUT2D eigenvalue weighted by Crippen LogP contribution is -2.38. The van der Waals surface area contributed by atoms with E-state index in [0.29, 0.717) is 5.75 Å². The van der Waals surface area contributed by atoms with Crippen molar-refractivity contribution in [1.29, 1.82) is 0 Å². The number of aromatic nitrogens is 1. The van der Waals surface area contributed by atoms with Crippen LogP contribution in [0.15, 0.2) is 12.1 Å². The van der Waals surface area contributed by atoms with E-state index in [1.807, 2.05) is 26.0 Å². The van der Waals surface area contributed by atoms with Crippen molar-refractivity contribution >= 4 is 10.9 Å². The number of H-pyrrole nitrogens is 1. The maximum absolute atomic E-state index is 10.7. The SMILES string of the molecule is Cc1[nH]c2ccc(C3(N)CCCCC3)c(O)c2c1C. The van der Waals surface area contributed by atoms with Crippen molar-refractivity contribution in [2.24, 2.45) is 5.73 Å². The Morgan fingerprint density at radius 2 is 1.84 bits per heavy atom. The molecule has 0 aliphatic heterocycles. The van der Waals surface area contributed by atoms with E-state index in [9.17, 15) is 5.11 Å². The van der Waals surface area contributed by atoms with E-state index in [2.05, 4.69) is 4.98 Å². The quantitative estimate of drug-likeness (QED) is 0.731. The summed E-state index contributed by atoms with van der Waals surface area (Å²) >= 11 is 0. The minimum absolute atomic E-state index is 0.353. The monoisotopic (exact) mass is 258 g/mol. The zero-order chi connectivity index (χ0) is 13.6. The van der Waals surface area contributed by atoms with Gasteiger partial charge in [0, 0.05) is 27.7 Å². The topological polar surface area (TPSA) is 62.0 Å². The van der Waals surface area contributed by atoms with Gasteiger partial charge in [0.05, 0.1) is 0 Å². The van der Waals surface area contributed by atoms with Crippen LogP contribution in [0.1, 0.15) is 48.9 Å². The fourth-order valence-electron chi connectivity index (χ4n) is 3.41. The molecule has 2 aromatic rings. The van der Waals surface area contributed by atoms with Gasteiger partial charge in [-0.1, -0.05) is 25.3 Å². The number of phenolic OH excluding ortho intramolecular Hbond substituents is 1. The number of aromatic amines is 1. The lowest BCUT2D eigenvalue weighted by atomic mass is 9.76. The molecule has 0 saturated heterocycles. The van der Waals surface area contributed by atoms with Gasteiger partial charge in [0.1, 0.15) is 5.75 Å². The Kier molecular flexibility index (Phi) is 2.82. The Morgan fingerprint density at radius 1 is 1.16 bits per heavy atom. The van der Waals surface area contributed by atoms with Crippen LogP contribution in [0.2, 0.25) is 0 Å². The highest BCUT2D eigenvalue weighted by atomic mass is 16.3. The highest BCUT2D eigenvalue weighted by Gasteiger charge is 2.32. The van der Waals surface area contributed by atoms with Crippen molar-refractivity contribution in [3.63, 3.8) is 0 Å². The largest absolute Gasteiger partial charge is 0.507 e. The second kappa shape index (κ2) is 4.27. The first-order valence-electron chi connectivity index (χ1n) is 7.13. The number of nitrogens with two attached hydrogens (primary N) is 1. The number of hydrogen-bond donors (Lipinski definition) is 3. The number of aromatic hydroxyl groups is 1. The normalized spacial score (nSPS) is 18.9. The van der Waals surface area contributed by atoms with E-state index >= 15 is 0 Å². The van der Waals surface area contributed by atoms with E-state index in [0.717, 1.165) is 53.4 Å². The zero-order valence-corrected chi connectivity index (χ0v) is 11.7. The third kappa shape index (κ3) is 1.84. The zero-order valence-electron chi connectivity index (χ0n) is 11.7. The second-order valence-corrected chi connectivity index (χ2v) is 5.98. The third-order valence-electron chi connectivity index (χ3n) is 4.72. The van der Waals surface area contributed by atoms with Crippen LogP contribution in [0.5, 0.6) is 5.75 Å². The highest BCUT2D eigenvalue weighted by Crippen LogP contribution is 2.42. The predicted molar refractivity (Wildman–Crippen MR) is 78.4 cm³/mol. The maximum atomic E-state index is 10.7. The summed E-state index contributed by atoms with van der Waals surface area (Å²) in [6.45, 7) is 4.08. The van der Waals surface area contributed by atoms with Gasteiger partial charge < -0.3 is 15.8 Å². The summed E-state index contributed by atoms with van der Waals surface area (Å²) < 4.78 is 0. The average Bonchev–Trinajstić information content (AvgIpc) is 2.67. The second-order valence-electron chi connectivity index (χ2n) is 5.98. The molecular weight excluding hydrogens is 236 g/mol. The summed E-state index contributed by atoms with van der Waals surface area (Å²) in [6.07, 6.45) is 5.49. The summed E-state index contributed by atoms with van der Waals surface area (Å²) in [5, 5.41) is 11.6. The fraction of sp³-hybridized carbons (Fsp3) is 0.500. The molecule has 4 N–H and O–H groups in total. The van der Waals surface area contributed by atoms with E-state index in [4.69, 9.17) is 5.73 Å². The van der Waals surface area contributed by atoms with Gasteiger partial charge in [0.25, 0.3) is 0 Å². The van der Waals surface area contributed by atoms with Crippen molar-refractivity contribution in [2.45, 2.75) is 51.5 Å². The van der Waals surface area contributed by atoms with Gasteiger partial charge >= 0.3 is 0 Å². The van der Waals surface area contributed by atoms with Gasteiger partial charge in [-0.15, -0.1) is 0 Å². The third-order valence-corrected chi connectivity index (χ3v) is 4.72. The summed E-state index contributed by atoms with van der Waals surface area (Å²) in [5.41, 5.74) is 10.3. The van der Waals surface area contributed by atoms with E-state index in [-0.39, 0.29) is 5.54 Å². The molecule has 1 aliphatic carbocycles. The Balaban J connectivity index is 2.19. The summed E-state index contributed by atoms with van der Waals surface area (Å²) in [6, 6.07) is 4.05. The van der Waals surface area contributed by atoms with Gasteiger partial charge in [0.2, 0.25) is 0 Å². The molecule has 1 aliphatic rings. The smallest absolute Gasteiger partial charge is 0.130 e. The Bertz CT molecular complexity index is 621. The minimum Gasteiger partial charge on any atom is -0.507 e. The van der Waals surface area contributed by atoms with Crippen molar-refractivity contribution in [3.8, 4) is 5.75 Å². The molecule has 3 heteroatoms. The van der Waals surface area contributed by atoms with Gasteiger partial charge in [0.15, 0.2) is 0 Å². The van der Waals surface area contributed by atoms with Crippen LogP contribution in [0.4, 0.5) is 0 Å². The minimum atomic E-state index is -0.353. The van der Waals surface area contributed by atoms with Crippen molar-refractivity contribution in [3.05, 3.63) is 29.0 Å². The molecule has 1 heterocycles. The molecule has 0 spiro atoms. The van der Waals surface area contributed by atoms with Crippen LogP contribution in [0.3, 0.4) is 0 Å². The first-order chi connectivity index (χ1) is 9.03. The fourth-order valence-corrected chi connectivity index (χ4v) is 3.41. The average molecular weight is 258 g/mol. The van der Waals surface area contributed by atoms with Crippen LogP contribution in [0, 0.1) is 13.8 Å². The summed E-state index contributed by atoms with van der Waals surface area (Å²) in [4.78, 5) is 3.31. The molecule has 0 amide bonds. The maximum Gasteiger partial charge on any atom is 0.130 e. The van der Waals surface area contributed by atoms with Crippen LogP contribution in [-0.2, 0) is 5.54 Å². The Morgan fingerprint density at radius 3 is 2.53 bits per heavy atom. The Hall–Kier alpha value is -1.48. The number of benzene rings is 1. The Labute approximate surface area is 113 Å². The first kappa shape index (κ1) is 12.5. The van der Waals surface area contributed by atoms with Crippen molar-refractivity contribution in [1.82, 2.24) is 4.98 Å². The molecule has 0 atom stereocenters. The number of fused-ring (bicyclic) bond motifs is 1. The first-order valence-corrected chi connectivity index (χ1v) is 7.13. The van der Waals surface area contributed by atoms with Gasteiger partial charge in [-0.2, -0.15) is 0 Å². The van der Waals surface area contributed by atoms with Crippen molar-refractivity contribution < 1.29 is 5.11 Å². The molecule has 1 fully saturated rings. The number of aryl methyl sites for hydroxylation is 2. The number of rotatable bonds is 1. The van der Waals surface area contributed by atoms with Crippen LogP contribution < -0.4 is 5.73 Å². The lowest BCUT2D eigenvalue weighted by molar-refractivity contribution is 0.293. The van der Waals surface area contributed by atoms with Gasteiger partial charge in [-0.3, -0.25) is 0 Å². The number of hydrogen-bond acceptors (Lipinski definition) is 2. The molecule has 0 bridgehead atoms. The van der Waals surface area contributed by atoms with E-state index in [1.54, 1.807) is 0 Å². The molecule has 0 radical (unpaired) electrons. The van der Waals surface area contributed by atoms with Crippen LogP contribution >= 0.6 is 0 Å². The molecule has 19 heavy (non-hydrogen) atoms. The molecule has 3 rings (SSSR count). The van der Waals surface area contributed by atoms with E-state index in [1.165, 1.54) is 6.42 Å². The summed E-state index contributed by atoms with van der Waals surface area (Å²) in [5.74, 6) is 0.378. The highest BCUT2D eigenvalue weighted by molar-refractivity contribution is 5.91. The van der Waals surface area contributed by atoms with Crippen LogP contribution in [-0.4, -0.2) is 10.1 Å². The molecule has 1 aromatic carbocycles.